The highest BCUT2D eigenvalue weighted by atomic mass is 16.6. The van der Waals surface area contributed by atoms with E-state index in [4.69, 9.17) is 13.9 Å². The molecule has 3 aromatic heterocycles. The third-order valence-corrected chi connectivity index (χ3v) is 4.77. The summed E-state index contributed by atoms with van der Waals surface area (Å²) in [6.45, 7) is 2.15. The summed E-state index contributed by atoms with van der Waals surface area (Å²) in [5.41, 5.74) is 0.138. The van der Waals surface area contributed by atoms with Crippen LogP contribution in [-0.2, 0) is 16.1 Å². The second kappa shape index (κ2) is 10.3. The number of aromatic nitrogens is 4. The van der Waals surface area contributed by atoms with Gasteiger partial charge in [0.15, 0.2) is 0 Å². The highest BCUT2D eigenvalue weighted by Gasteiger charge is 2.30. The van der Waals surface area contributed by atoms with Crippen molar-refractivity contribution in [1.82, 2.24) is 19.9 Å². The van der Waals surface area contributed by atoms with Crippen LogP contribution in [-0.4, -0.2) is 44.0 Å². The van der Waals surface area contributed by atoms with E-state index in [1.54, 1.807) is 48.2 Å². The number of rotatable bonds is 10. The number of furan rings is 1. The van der Waals surface area contributed by atoms with Gasteiger partial charge in [0.05, 0.1) is 41.7 Å². The summed E-state index contributed by atoms with van der Waals surface area (Å²) in [5.74, 6) is -0.121. The number of anilines is 1. The maximum atomic E-state index is 12.1. The van der Waals surface area contributed by atoms with Crippen LogP contribution in [0.4, 0.5) is 11.5 Å². The number of ether oxygens (including phenoxy) is 2. The molecule has 0 amide bonds. The van der Waals surface area contributed by atoms with E-state index in [9.17, 15) is 14.9 Å². The van der Waals surface area contributed by atoms with E-state index in [2.05, 4.69) is 19.9 Å². The second-order valence-electron chi connectivity index (χ2n) is 6.96. The van der Waals surface area contributed by atoms with Crippen molar-refractivity contribution >= 4 is 28.4 Å². The summed E-state index contributed by atoms with van der Waals surface area (Å²) in [4.78, 5) is 41.4. The van der Waals surface area contributed by atoms with Crippen molar-refractivity contribution in [3.63, 3.8) is 0 Å². The lowest BCUT2D eigenvalue weighted by Gasteiger charge is -2.22. The van der Waals surface area contributed by atoms with Crippen molar-refractivity contribution in [2.75, 3.05) is 18.1 Å². The fraction of sp³-hybridized carbons (Fsp3) is 0.227. The first-order valence-corrected chi connectivity index (χ1v) is 10.4. The van der Waals surface area contributed by atoms with E-state index >= 15 is 0 Å². The van der Waals surface area contributed by atoms with Crippen LogP contribution in [0.15, 0.2) is 59.7 Å². The minimum atomic E-state index is -0.631. The Labute approximate surface area is 193 Å². The first kappa shape index (κ1) is 22.6. The number of hydrogen-bond donors (Lipinski definition) is 0. The molecule has 1 aromatic carbocycles. The Morgan fingerprint density at radius 3 is 2.65 bits per heavy atom. The van der Waals surface area contributed by atoms with Crippen LogP contribution in [0.2, 0.25) is 0 Å². The molecule has 0 aliphatic heterocycles. The molecule has 12 nitrogen and oxygen atoms in total. The van der Waals surface area contributed by atoms with Gasteiger partial charge in [-0.3, -0.25) is 14.9 Å². The number of nitrogens with zero attached hydrogens (tertiary/aromatic N) is 6. The van der Waals surface area contributed by atoms with Crippen LogP contribution in [0, 0.1) is 10.1 Å². The zero-order chi connectivity index (χ0) is 23.9. The molecule has 0 aliphatic rings. The SMILES string of the molecule is CCOC(=O)CCN(Cc1ccco1)c1ncnc(Oc2ncnc3ccccc23)c1[N+](=O)[O-]. The number of carbonyl (C=O) groups is 1. The van der Waals surface area contributed by atoms with E-state index in [1.165, 1.54) is 12.6 Å². The Morgan fingerprint density at radius 1 is 1.09 bits per heavy atom. The average Bonchev–Trinajstić information content (AvgIpc) is 3.35. The summed E-state index contributed by atoms with van der Waals surface area (Å²) in [5, 5.41) is 12.7. The zero-order valence-corrected chi connectivity index (χ0v) is 18.2. The number of para-hydroxylation sites is 1. The molecule has 34 heavy (non-hydrogen) atoms. The number of carbonyl (C=O) groups excluding carboxylic acids is 1. The first-order valence-electron chi connectivity index (χ1n) is 10.4. The van der Waals surface area contributed by atoms with E-state index in [1.807, 2.05) is 0 Å². The third-order valence-electron chi connectivity index (χ3n) is 4.77. The van der Waals surface area contributed by atoms with Gasteiger partial charge < -0.3 is 18.8 Å². The van der Waals surface area contributed by atoms with Gasteiger partial charge in [0.25, 0.3) is 0 Å². The van der Waals surface area contributed by atoms with E-state index < -0.39 is 16.6 Å². The molecule has 0 N–H and O–H groups in total. The molecule has 174 valence electrons. The molecule has 3 heterocycles. The smallest absolute Gasteiger partial charge is 0.373 e. The maximum absolute atomic E-state index is 12.1. The molecular formula is C22H20N6O6. The van der Waals surface area contributed by atoms with Gasteiger partial charge in [-0.2, -0.15) is 4.98 Å². The fourth-order valence-corrected chi connectivity index (χ4v) is 3.28. The molecule has 12 heteroatoms. The Morgan fingerprint density at radius 2 is 1.88 bits per heavy atom. The van der Waals surface area contributed by atoms with Crippen molar-refractivity contribution < 1.29 is 23.6 Å². The number of esters is 1. The Bertz CT molecular complexity index is 1290. The molecular weight excluding hydrogens is 444 g/mol. The largest absolute Gasteiger partial charge is 0.467 e. The standard InChI is InChI=1S/C22H20N6O6/c1-2-32-18(29)9-10-27(12-15-6-5-11-33-15)20-19(28(30)31)22(26-14-24-20)34-21-16-7-3-4-8-17(16)23-13-25-21/h3-8,11,13-14H,2,9-10,12H2,1H3. The molecule has 0 fully saturated rings. The molecule has 0 radical (unpaired) electrons. The van der Waals surface area contributed by atoms with Gasteiger partial charge >= 0.3 is 17.5 Å². The van der Waals surface area contributed by atoms with Crippen molar-refractivity contribution in [3.8, 4) is 11.8 Å². The van der Waals surface area contributed by atoms with Gasteiger partial charge in [-0.25, -0.2) is 15.0 Å². The van der Waals surface area contributed by atoms with Crippen LogP contribution < -0.4 is 9.64 Å². The van der Waals surface area contributed by atoms with Crippen LogP contribution in [0.25, 0.3) is 10.9 Å². The molecule has 4 rings (SSSR count). The summed E-state index contributed by atoms with van der Waals surface area (Å²) in [6.07, 6.45) is 3.93. The van der Waals surface area contributed by atoms with Gasteiger partial charge in [-0.05, 0) is 31.2 Å². The summed E-state index contributed by atoms with van der Waals surface area (Å²) in [7, 11) is 0. The predicted molar refractivity (Wildman–Crippen MR) is 119 cm³/mol. The lowest BCUT2D eigenvalue weighted by Crippen LogP contribution is -2.28. The number of nitro groups is 1. The topological polar surface area (TPSA) is 147 Å². The zero-order valence-electron chi connectivity index (χ0n) is 18.2. The first-order chi connectivity index (χ1) is 16.6. The Balaban J connectivity index is 1.72. The van der Waals surface area contributed by atoms with Gasteiger partial charge in [-0.1, -0.05) is 12.1 Å². The highest BCUT2D eigenvalue weighted by molar-refractivity contribution is 5.83. The molecule has 0 atom stereocenters. The summed E-state index contributed by atoms with van der Waals surface area (Å²) in [6, 6.07) is 10.5. The van der Waals surface area contributed by atoms with Crippen molar-refractivity contribution in [1.29, 1.82) is 0 Å². The Kier molecular flexibility index (Phi) is 6.87. The molecule has 0 saturated carbocycles. The average molecular weight is 464 g/mol. The van der Waals surface area contributed by atoms with E-state index in [0.29, 0.717) is 16.7 Å². The van der Waals surface area contributed by atoms with Gasteiger partial charge in [-0.15, -0.1) is 0 Å². The lowest BCUT2D eigenvalue weighted by atomic mass is 10.2. The van der Waals surface area contributed by atoms with Gasteiger partial charge in [0.2, 0.25) is 11.7 Å². The molecule has 0 aliphatic carbocycles. The molecule has 0 unspecified atom stereocenters. The Hall–Kier alpha value is -4.61. The van der Waals surface area contributed by atoms with Crippen LogP contribution in [0.3, 0.4) is 0 Å². The molecule has 4 aromatic rings. The van der Waals surface area contributed by atoms with Crippen molar-refractivity contribution in [2.24, 2.45) is 0 Å². The van der Waals surface area contributed by atoms with E-state index in [0.717, 1.165) is 6.33 Å². The fourth-order valence-electron chi connectivity index (χ4n) is 3.28. The van der Waals surface area contributed by atoms with Crippen molar-refractivity contribution in [3.05, 3.63) is 71.2 Å². The van der Waals surface area contributed by atoms with Crippen LogP contribution >= 0.6 is 0 Å². The monoisotopic (exact) mass is 464 g/mol. The van der Waals surface area contributed by atoms with Crippen molar-refractivity contribution in [2.45, 2.75) is 19.9 Å². The van der Waals surface area contributed by atoms with Gasteiger partial charge in [0.1, 0.15) is 18.4 Å². The third kappa shape index (κ3) is 5.06. The van der Waals surface area contributed by atoms with Gasteiger partial charge in [0, 0.05) is 6.54 Å². The molecule has 0 saturated heterocycles. The maximum Gasteiger partial charge on any atom is 0.373 e. The summed E-state index contributed by atoms with van der Waals surface area (Å²) >= 11 is 0. The minimum Gasteiger partial charge on any atom is -0.467 e. The highest BCUT2D eigenvalue weighted by Crippen LogP contribution is 2.37. The molecule has 0 spiro atoms. The number of hydrogen-bond acceptors (Lipinski definition) is 11. The quantitative estimate of drug-likeness (QED) is 0.192. The number of fused-ring (bicyclic) bond motifs is 1. The number of benzene rings is 1. The lowest BCUT2D eigenvalue weighted by molar-refractivity contribution is -0.385. The second-order valence-corrected chi connectivity index (χ2v) is 6.96. The van der Waals surface area contributed by atoms with Crippen LogP contribution in [0.5, 0.6) is 11.8 Å². The normalized spacial score (nSPS) is 10.7. The van der Waals surface area contributed by atoms with E-state index in [-0.39, 0.29) is 43.7 Å². The van der Waals surface area contributed by atoms with Crippen LogP contribution in [0.1, 0.15) is 19.1 Å². The minimum absolute atomic E-state index is 0.0115. The predicted octanol–water partition coefficient (Wildman–Crippen LogP) is 3.67. The summed E-state index contributed by atoms with van der Waals surface area (Å²) < 4.78 is 16.2. The molecule has 0 bridgehead atoms.